The van der Waals surface area contributed by atoms with Crippen molar-refractivity contribution in [2.75, 3.05) is 37.7 Å². The molecule has 1 aliphatic carbocycles. The van der Waals surface area contributed by atoms with Crippen LogP contribution in [0.1, 0.15) is 55.9 Å². The Kier molecular flexibility index (Phi) is 6.45. The summed E-state index contributed by atoms with van der Waals surface area (Å²) in [5.41, 5.74) is 1.66. The van der Waals surface area contributed by atoms with Crippen LogP contribution < -0.4 is 4.90 Å². The summed E-state index contributed by atoms with van der Waals surface area (Å²) < 4.78 is 5.22. The first-order valence-electron chi connectivity index (χ1n) is 11.1. The van der Waals surface area contributed by atoms with E-state index < -0.39 is 5.97 Å². The van der Waals surface area contributed by atoms with Gasteiger partial charge in [0, 0.05) is 32.6 Å². The fraction of sp³-hybridized carbons (Fsp3) is 0.565. The van der Waals surface area contributed by atoms with Crippen LogP contribution >= 0.6 is 0 Å². The Balaban J connectivity index is 1.44. The molecule has 1 amide bonds. The lowest BCUT2D eigenvalue weighted by Gasteiger charge is -2.36. The second-order valence-electron chi connectivity index (χ2n) is 8.16. The first-order valence-corrected chi connectivity index (χ1v) is 11.1. The van der Waals surface area contributed by atoms with Gasteiger partial charge in [-0.25, -0.2) is 14.8 Å². The fourth-order valence-electron chi connectivity index (χ4n) is 4.50. The molecule has 1 aromatic heterocycles. The Hall–Kier alpha value is -2.70. The lowest BCUT2D eigenvalue weighted by molar-refractivity contribution is -0.131. The predicted molar refractivity (Wildman–Crippen MR) is 115 cm³/mol. The molecule has 2 aromatic rings. The van der Waals surface area contributed by atoms with Gasteiger partial charge in [0.15, 0.2) is 11.5 Å². The van der Waals surface area contributed by atoms with Gasteiger partial charge in [0.2, 0.25) is 5.91 Å². The molecule has 160 valence electrons. The summed E-state index contributed by atoms with van der Waals surface area (Å²) in [5.74, 6) is 1.07. The van der Waals surface area contributed by atoms with Crippen LogP contribution in [0.5, 0.6) is 0 Å². The molecule has 7 nitrogen and oxygen atoms in total. The molecule has 0 radical (unpaired) electrons. The van der Waals surface area contributed by atoms with Crippen molar-refractivity contribution >= 4 is 28.7 Å². The van der Waals surface area contributed by atoms with Gasteiger partial charge in [0.1, 0.15) is 0 Å². The second kappa shape index (κ2) is 9.41. The van der Waals surface area contributed by atoms with Crippen molar-refractivity contribution in [3.05, 3.63) is 30.0 Å². The molecule has 1 saturated carbocycles. The van der Waals surface area contributed by atoms with Crippen LogP contribution in [0.3, 0.4) is 0 Å². The number of hydrogen-bond donors (Lipinski definition) is 0. The maximum absolute atomic E-state index is 12.6. The first-order chi connectivity index (χ1) is 14.7. The van der Waals surface area contributed by atoms with Gasteiger partial charge in [-0.3, -0.25) is 4.79 Å². The van der Waals surface area contributed by atoms with E-state index in [9.17, 15) is 9.59 Å². The third-order valence-electron chi connectivity index (χ3n) is 6.19. The third-order valence-corrected chi connectivity index (χ3v) is 6.19. The summed E-state index contributed by atoms with van der Waals surface area (Å²) in [6.45, 7) is 4.61. The van der Waals surface area contributed by atoms with E-state index in [1.54, 1.807) is 6.92 Å². The predicted octanol–water partition coefficient (Wildman–Crippen LogP) is 3.43. The van der Waals surface area contributed by atoms with Crippen LogP contribution in [0.15, 0.2) is 24.3 Å². The van der Waals surface area contributed by atoms with Gasteiger partial charge in [-0.1, -0.05) is 37.8 Å². The number of hydrogen-bond acceptors (Lipinski definition) is 6. The SMILES string of the molecule is CCOC(=O)c1nc2ccccc2nc1N1CCN(C(=O)CCC2CCCC2)CC1. The van der Waals surface area contributed by atoms with E-state index in [1.165, 1.54) is 25.7 Å². The number of ether oxygens (including phenoxy) is 1. The number of aromatic nitrogens is 2. The molecule has 7 heteroatoms. The second-order valence-corrected chi connectivity index (χ2v) is 8.16. The van der Waals surface area contributed by atoms with E-state index >= 15 is 0 Å². The van der Waals surface area contributed by atoms with Crippen LogP contribution in [0, 0.1) is 5.92 Å². The average molecular weight is 411 g/mol. The van der Waals surface area contributed by atoms with Crippen molar-refractivity contribution in [3.63, 3.8) is 0 Å². The Morgan fingerprint density at radius 1 is 1.03 bits per heavy atom. The highest BCUT2D eigenvalue weighted by Gasteiger charge is 2.27. The van der Waals surface area contributed by atoms with Gasteiger partial charge in [-0.2, -0.15) is 0 Å². The van der Waals surface area contributed by atoms with Crippen molar-refractivity contribution in [1.29, 1.82) is 0 Å². The minimum atomic E-state index is -0.458. The molecule has 2 fully saturated rings. The number of rotatable bonds is 6. The molecule has 0 N–H and O–H groups in total. The topological polar surface area (TPSA) is 75.6 Å². The fourth-order valence-corrected chi connectivity index (χ4v) is 4.50. The summed E-state index contributed by atoms with van der Waals surface area (Å²) >= 11 is 0. The maximum Gasteiger partial charge on any atom is 0.360 e. The molecule has 0 spiro atoms. The zero-order chi connectivity index (χ0) is 20.9. The number of carbonyl (C=O) groups is 2. The number of carbonyl (C=O) groups excluding carboxylic acids is 2. The minimum absolute atomic E-state index is 0.247. The van der Waals surface area contributed by atoms with Crippen molar-refractivity contribution in [3.8, 4) is 0 Å². The smallest absolute Gasteiger partial charge is 0.360 e. The van der Waals surface area contributed by atoms with E-state index in [-0.39, 0.29) is 18.2 Å². The zero-order valence-electron chi connectivity index (χ0n) is 17.7. The number of nitrogens with zero attached hydrogens (tertiary/aromatic N) is 4. The Morgan fingerprint density at radius 3 is 2.37 bits per heavy atom. The van der Waals surface area contributed by atoms with Crippen molar-refractivity contribution < 1.29 is 14.3 Å². The van der Waals surface area contributed by atoms with Crippen LogP contribution in [0.25, 0.3) is 11.0 Å². The minimum Gasteiger partial charge on any atom is -0.461 e. The quantitative estimate of drug-likeness (QED) is 0.679. The summed E-state index contributed by atoms with van der Waals surface area (Å²) in [7, 11) is 0. The highest BCUT2D eigenvalue weighted by atomic mass is 16.5. The van der Waals surface area contributed by atoms with Crippen LogP contribution in [0.4, 0.5) is 5.82 Å². The van der Waals surface area contributed by atoms with E-state index in [1.807, 2.05) is 34.1 Å². The normalized spacial score (nSPS) is 17.5. The number of anilines is 1. The number of para-hydroxylation sites is 2. The molecule has 4 rings (SSSR count). The Bertz CT molecular complexity index is 902. The lowest BCUT2D eigenvalue weighted by Crippen LogP contribution is -2.49. The van der Waals surface area contributed by atoms with Crippen molar-refractivity contribution in [1.82, 2.24) is 14.9 Å². The molecule has 0 bridgehead atoms. The average Bonchev–Trinajstić information content (AvgIpc) is 3.30. The summed E-state index contributed by atoms with van der Waals surface area (Å²) in [6.07, 6.45) is 6.84. The molecule has 1 aromatic carbocycles. The Morgan fingerprint density at radius 2 is 1.70 bits per heavy atom. The first kappa shape index (κ1) is 20.6. The van der Waals surface area contributed by atoms with E-state index in [4.69, 9.17) is 9.72 Å². The molecular formula is C23H30N4O3. The number of amides is 1. The lowest BCUT2D eigenvalue weighted by atomic mass is 10.0. The summed E-state index contributed by atoms with van der Waals surface area (Å²) in [4.78, 5) is 38.4. The highest BCUT2D eigenvalue weighted by Crippen LogP contribution is 2.29. The van der Waals surface area contributed by atoms with Crippen molar-refractivity contribution in [2.24, 2.45) is 5.92 Å². The van der Waals surface area contributed by atoms with Gasteiger partial charge in [-0.15, -0.1) is 0 Å². The summed E-state index contributed by atoms with van der Waals surface area (Å²) in [5, 5.41) is 0. The van der Waals surface area contributed by atoms with E-state index in [0.717, 1.165) is 17.9 Å². The van der Waals surface area contributed by atoms with Gasteiger partial charge < -0.3 is 14.5 Å². The van der Waals surface area contributed by atoms with Gasteiger partial charge in [0.25, 0.3) is 0 Å². The van der Waals surface area contributed by atoms with Gasteiger partial charge in [0.05, 0.1) is 17.6 Å². The number of piperazine rings is 1. The van der Waals surface area contributed by atoms with E-state index in [0.29, 0.717) is 43.9 Å². The standard InChI is InChI=1S/C23H30N4O3/c1-2-30-23(29)21-22(25-19-10-6-5-9-18(19)24-21)27-15-13-26(14-16-27)20(28)12-11-17-7-3-4-8-17/h5-6,9-10,17H,2-4,7-8,11-16H2,1H3. The molecule has 2 aliphatic rings. The van der Waals surface area contributed by atoms with Crippen LogP contribution in [-0.2, 0) is 9.53 Å². The maximum atomic E-state index is 12.6. The largest absolute Gasteiger partial charge is 0.461 e. The molecule has 0 unspecified atom stereocenters. The molecular weight excluding hydrogens is 380 g/mol. The zero-order valence-corrected chi connectivity index (χ0v) is 17.7. The monoisotopic (exact) mass is 410 g/mol. The van der Waals surface area contributed by atoms with Crippen molar-refractivity contribution in [2.45, 2.75) is 45.4 Å². The molecule has 2 heterocycles. The number of benzene rings is 1. The number of fused-ring (bicyclic) bond motifs is 1. The van der Waals surface area contributed by atoms with Crippen LogP contribution in [-0.4, -0.2) is 59.5 Å². The van der Waals surface area contributed by atoms with Gasteiger partial charge in [-0.05, 0) is 31.4 Å². The summed E-state index contributed by atoms with van der Waals surface area (Å²) in [6, 6.07) is 7.52. The molecule has 1 saturated heterocycles. The number of esters is 1. The molecule has 30 heavy (non-hydrogen) atoms. The van der Waals surface area contributed by atoms with Gasteiger partial charge >= 0.3 is 5.97 Å². The van der Waals surface area contributed by atoms with Crippen LogP contribution in [0.2, 0.25) is 0 Å². The molecule has 1 aliphatic heterocycles. The highest BCUT2D eigenvalue weighted by molar-refractivity contribution is 5.95. The Labute approximate surface area is 177 Å². The molecule has 0 atom stereocenters. The van der Waals surface area contributed by atoms with E-state index in [2.05, 4.69) is 4.98 Å². The third kappa shape index (κ3) is 4.55.